The van der Waals surface area contributed by atoms with Crippen LogP contribution in [0.4, 0.5) is 0 Å². The molecule has 2 atom stereocenters. The molecular formula is C18H20ClNO6. The summed E-state index contributed by atoms with van der Waals surface area (Å²) in [6.07, 6.45) is 0.263. The van der Waals surface area contributed by atoms with Gasteiger partial charge in [0.05, 0.1) is 17.0 Å². The van der Waals surface area contributed by atoms with Crippen molar-refractivity contribution in [2.75, 3.05) is 0 Å². The second-order valence-electron chi connectivity index (χ2n) is 6.24. The summed E-state index contributed by atoms with van der Waals surface area (Å²) in [6.45, 7) is 5.19. The first-order valence-corrected chi connectivity index (χ1v) is 8.50. The summed E-state index contributed by atoms with van der Waals surface area (Å²) in [4.78, 5) is 35.8. The molecule has 140 valence electrons. The van der Waals surface area contributed by atoms with E-state index in [1.165, 1.54) is 12.1 Å². The second kappa shape index (κ2) is 7.78. The molecule has 0 aliphatic rings. The van der Waals surface area contributed by atoms with E-state index in [1.54, 1.807) is 13.8 Å². The van der Waals surface area contributed by atoms with Crippen LogP contribution in [0, 0.1) is 12.8 Å². The molecule has 7 nitrogen and oxygen atoms in total. The maximum absolute atomic E-state index is 12.3. The third-order valence-corrected chi connectivity index (χ3v) is 4.79. The molecule has 3 N–H and O–H groups in total. The first-order chi connectivity index (χ1) is 12.1. The van der Waals surface area contributed by atoms with Crippen molar-refractivity contribution in [1.29, 1.82) is 0 Å². The van der Waals surface area contributed by atoms with Crippen LogP contribution in [0.3, 0.4) is 0 Å². The summed E-state index contributed by atoms with van der Waals surface area (Å²) in [5.41, 5.74) is 0.0395. The average Bonchev–Trinajstić information content (AvgIpc) is 2.57. The lowest BCUT2D eigenvalue weighted by molar-refractivity contribution is -0.143. The number of aryl methyl sites for hydroxylation is 1. The summed E-state index contributed by atoms with van der Waals surface area (Å²) in [6, 6.07) is 1.65. The maximum Gasteiger partial charge on any atom is 0.340 e. The Morgan fingerprint density at radius 3 is 2.58 bits per heavy atom. The molecule has 1 aromatic carbocycles. The van der Waals surface area contributed by atoms with E-state index in [4.69, 9.17) is 16.0 Å². The molecule has 2 aromatic rings. The fraction of sp³-hybridized carbons (Fsp3) is 0.389. The number of hydrogen-bond acceptors (Lipinski definition) is 5. The van der Waals surface area contributed by atoms with Crippen molar-refractivity contribution in [3.63, 3.8) is 0 Å². The molecule has 1 amide bonds. The number of carboxylic acids is 1. The van der Waals surface area contributed by atoms with Crippen molar-refractivity contribution in [1.82, 2.24) is 5.32 Å². The number of phenolic OH excluding ortho intramolecular Hbond substituents is 1. The van der Waals surface area contributed by atoms with Gasteiger partial charge in [0.15, 0.2) is 0 Å². The van der Waals surface area contributed by atoms with Crippen molar-refractivity contribution in [2.24, 2.45) is 5.92 Å². The van der Waals surface area contributed by atoms with E-state index in [0.29, 0.717) is 17.4 Å². The molecule has 0 aliphatic carbocycles. The molecule has 26 heavy (non-hydrogen) atoms. The highest BCUT2D eigenvalue weighted by Gasteiger charge is 2.26. The number of phenols is 1. The predicted molar refractivity (Wildman–Crippen MR) is 96.6 cm³/mol. The zero-order valence-electron chi connectivity index (χ0n) is 14.6. The number of nitrogens with one attached hydrogen (secondary N) is 1. The molecule has 0 saturated carbocycles. The van der Waals surface area contributed by atoms with Gasteiger partial charge in [0, 0.05) is 11.5 Å². The summed E-state index contributed by atoms with van der Waals surface area (Å²) >= 11 is 5.90. The monoisotopic (exact) mass is 381 g/mol. The van der Waals surface area contributed by atoms with Crippen molar-refractivity contribution in [2.45, 2.75) is 39.7 Å². The van der Waals surface area contributed by atoms with Gasteiger partial charge in [-0.05, 0) is 24.5 Å². The molecule has 0 spiro atoms. The smallest absolute Gasteiger partial charge is 0.340 e. The summed E-state index contributed by atoms with van der Waals surface area (Å²) in [5, 5.41) is 21.9. The van der Waals surface area contributed by atoms with Gasteiger partial charge in [-0.3, -0.25) is 4.79 Å². The van der Waals surface area contributed by atoms with Crippen molar-refractivity contribution < 1.29 is 24.2 Å². The SMILES string of the molecule is CC[C@H](C)[C@@H](NC(=O)Cc1c(C)c2cc(Cl)c(O)cc2oc1=O)C(=O)O. The number of halogens is 1. The van der Waals surface area contributed by atoms with Crippen LogP contribution in [0.15, 0.2) is 21.3 Å². The zero-order chi connectivity index (χ0) is 19.6. The molecule has 0 aliphatic heterocycles. The molecular weight excluding hydrogens is 362 g/mol. The van der Waals surface area contributed by atoms with E-state index in [1.807, 2.05) is 6.92 Å². The Balaban J connectivity index is 2.35. The Hall–Kier alpha value is -2.54. The predicted octanol–water partition coefficient (Wildman–Crippen LogP) is 2.62. The molecule has 8 heteroatoms. The number of carboxylic acid groups (broad SMARTS) is 1. The van der Waals surface area contributed by atoms with Gasteiger partial charge in [0.25, 0.3) is 0 Å². The van der Waals surface area contributed by atoms with E-state index < -0.39 is 23.5 Å². The van der Waals surface area contributed by atoms with Gasteiger partial charge in [-0.15, -0.1) is 0 Å². The number of carbonyl (C=O) groups excluding carboxylic acids is 1. The Bertz CT molecular complexity index is 920. The highest BCUT2D eigenvalue weighted by Crippen LogP contribution is 2.30. The number of hydrogen-bond donors (Lipinski definition) is 3. The number of benzene rings is 1. The lowest BCUT2D eigenvalue weighted by Gasteiger charge is -2.20. The van der Waals surface area contributed by atoms with Crippen LogP contribution in [-0.4, -0.2) is 28.1 Å². The van der Waals surface area contributed by atoms with E-state index in [2.05, 4.69) is 5.32 Å². The number of aliphatic carboxylic acids is 1. The molecule has 0 bridgehead atoms. The lowest BCUT2D eigenvalue weighted by atomic mass is 9.98. The fourth-order valence-electron chi connectivity index (χ4n) is 2.67. The highest BCUT2D eigenvalue weighted by atomic mass is 35.5. The highest BCUT2D eigenvalue weighted by molar-refractivity contribution is 6.32. The average molecular weight is 382 g/mol. The molecule has 0 fully saturated rings. The Morgan fingerprint density at radius 2 is 2.00 bits per heavy atom. The van der Waals surface area contributed by atoms with Crippen molar-refractivity contribution >= 4 is 34.4 Å². The number of rotatable bonds is 6. The van der Waals surface area contributed by atoms with Gasteiger partial charge in [-0.1, -0.05) is 31.9 Å². The minimum atomic E-state index is -1.13. The Morgan fingerprint density at radius 1 is 1.35 bits per heavy atom. The molecule has 1 aromatic heterocycles. The van der Waals surface area contributed by atoms with Gasteiger partial charge < -0.3 is 19.9 Å². The number of amides is 1. The summed E-state index contributed by atoms with van der Waals surface area (Å²) < 4.78 is 5.16. The minimum absolute atomic E-state index is 0.0903. The molecule has 0 unspecified atom stereocenters. The summed E-state index contributed by atoms with van der Waals surface area (Å²) in [5.74, 6) is -2.19. The van der Waals surface area contributed by atoms with Crippen molar-refractivity contribution in [3.05, 3.63) is 38.7 Å². The quantitative estimate of drug-likeness (QED) is 0.662. The van der Waals surface area contributed by atoms with Crippen LogP contribution >= 0.6 is 11.6 Å². The Labute approximate surface area is 154 Å². The molecule has 0 saturated heterocycles. The first-order valence-electron chi connectivity index (χ1n) is 8.12. The third-order valence-electron chi connectivity index (χ3n) is 4.49. The van der Waals surface area contributed by atoms with E-state index in [-0.39, 0.29) is 34.3 Å². The van der Waals surface area contributed by atoms with E-state index >= 15 is 0 Å². The van der Waals surface area contributed by atoms with Crippen LogP contribution in [0.1, 0.15) is 31.4 Å². The van der Waals surface area contributed by atoms with Gasteiger partial charge in [0.1, 0.15) is 17.4 Å². The number of aromatic hydroxyl groups is 1. The standard InChI is InChI=1S/C18H20ClNO6/c1-4-8(2)16(17(23)24)20-15(22)6-11-9(3)10-5-12(19)13(21)7-14(10)26-18(11)25/h5,7-8,16,21H,4,6H2,1-3H3,(H,20,22)(H,23,24)/t8-,16+/m0/s1. The van der Waals surface area contributed by atoms with E-state index in [0.717, 1.165) is 0 Å². The summed E-state index contributed by atoms with van der Waals surface area (Å²) in [7, 11) is 0. The normalized spacial score (nSPS) is 13.4. The van der Waals surface area contributed by atoms with Gasteiger partial charge >= 0.3 is 11.6 Å². The van der Waals surface area contributed by atoms with Crippen LogP contribution in [0.2, 0.25) is 5.02 Å². The van der Waals surface area contributed by atoms with Crippen LogP contribution in [0.25, 0.3) is 11.0 Å². The maximum atomic E-state index is 12.3. The third kappa shape index (κ3) is 3.99. The van der Waals surface area contributed by atoms with Gasteiger partial charge in [0.2, 0.25) is 5.91 Å². The van der Waals surface area contributed by atoms with Gasteiger partial charge in [-0.2, -0.15) is 0 Å². The largest absolute Gasteiger partial charge is 0.506 e. The molecule has 2 rings (SSSR count). The molecule has 1 heterocycles. The van der Waals surface area contributed by atoms with E-state index in [9.17, 15) is 24.6 Å². The first kappa shape index (κ1) is 19.8. The topological polar surface area (TPSA) is 117 Å². The Kier molecular flexibility index (Phi) is 5.92. The second-order valence-corrected chi connectivity index (χ2v) is 6.65. The van der Waals surface area contributed by atoms with Crippen molar-refractivity contribution in [3.8, 4) is 5.75 Å². The molecule has 0 radical (unpaired) electrons. The van der Waals surface area contributed by atoms with Crippen LogP contribution in [0.5, 0.6) is 5.75 Å². The fourth-order valence-corrected chi connectivity index (χ4v) is 2.83. The lowest BCUT2D eigenvalue weighted by Crippen LogP contribution is -2.45. The zero-order valence-corrected chi connectivity index (χ0v) is 15.4. The minimum Gasteiger partial charge on any atom is -0.506 e. The number of fused-ring (bicyclic) bond motifs is 1. The van der Waals surface area contributed by atoms with Crippen LogP contribution < -0.4 is 10.9 Å². The van der Waals surface area contributed by atoms with Crippen LogP contribution in [-0.2, 0) is 16.0 Å². The van der Waals surface area contributed by atoms with Gasteiger partial charge in [-0.25, -0.2) is 9.59 Å². The number of carbonyl (C=O) groups is 2.